The molecule has 3 heteroatoms. The number of hydrogen-bond acceptors (Lipinski definition) is 3. The lowest BCUT2D eigenvalue weighted by molar-refractivity contribution is 0.257. The lowest BCUT2D eigenvalue weighted by Crippen LogP contribution is -2.37. The Labute approximate surface area is 104 Å². The van der Waals surface area contributed by atoms with Gasteiger partial charge in [0.1, 0.15) is 5.75 Å². The maximum Gasteiger partial charge on any atom is 0.124 e. The van der Waals surface area contributed by atoms with Gasteiger partial charge in [0.25, 0.3) is 0 Å². The number of hydrogen-bond donors (Lipinski definition) is 2. The Morgan fingerprint density at radius 2 is 1.94 bits per heavy atom. The Kier molecular flexibility index (Phi) is 4.97. The molecule has 17 heavy (non-hydrogen) atoms. The minimum absolute atomic E-state index is 0.0421. The third-order valence-corrected chi connectivity index (χ3v) is 2.72. The Morgan fingerprint density at radius 3 is 2.47 bits per heavy atom. The normalized spacial score (nSPS) is 13.5. The molecule has 0 saturated heterocycles. The molecule has 0 heterocycles. The van der Waals surface area contributed by atoms with Crippen LogP contribution < -0.4 is 16.0 Å². The maximum atomic E-state index is 5.77. The SMILES string of the molecule is CCCOc1ccccc1C(NN)C(C)(C)C. The number of nitrogens with two attached hydrogens (primary N) is 1. The van der Waals surface area contributed by atoms with E-state index in [1.807, 2.05) is 18.2 Å². The largest absolute Gasteiger partial charge is 0.493 e. The number of benzene rings is 1. The molecule has 1 aromatic rings. The summed E-state index contributed by atoms with van der Waals surface area (Å²) in [5.41, 5.74) is 4.06. The molecule has 0 fully saturated rings. The van der Waals surface area contributed by atoms with Crippen LogP contribution in [-0.2, 0) is 0 Å². The number of hydrazine groups is 1. The molecule has 3 nitrogen and oxygen atoms in total. The summed E-state index contributed by atoms with van der Waals surface area (Å²) < 4.78 is 5.77. The Bertz CT molecular complexity index is 344. The monoisotopic (exact) mass is 236 g/mol. The summed E-state index contributed by atoms with van der Waals surface area (Å²) in [4.78, 5) is 0. The number of rotatable bonds is 5. The van der Waals surface area contributed by atoms with Crippen molar-refractivity contribution in [2.24, 2.45) is 11.3 Å². The zero-order chi connectivity index (χ0) is 12.9. The van der Waals surface area contributed by atoms with E-state index in [0.29, 0.717) is 0 Å². The molecule has 96 valence electrons. The number of para-hydroxylation sites is 1. The van der Waals surface area contributed by atoms with Gasteiger partial charge < -0.3 is 4.74 Å². The van der Waals surface area contributed by atoms with Crippen molar-refractivity contribution in [2.45, 2.75) is 40.2 Å². The third-order valence-electron chi connectivity index (χ3n) is 2.72. The predicted octanol–water partition coefficient (Wildman–Crippen LogP) is 3.03. The van der Waals surface area contributed by atoms with Gasteiger partial charge in [-0.2, -0.15) is 0 Å². The van der Waals surface area contributed by atoms with E-state index in [0.717, 1.165) is 24.3 Å². The molecule has 0 spiro atoms. The van der Waals surface area contributed by atoms with Crippen LogP contribution in [0, 0.1) is 5.41 Å². The van der Waals surface area contributed by atoms with E-state index < -0.39 is 0 Å². The summed E-state index contributed by atoms with van der Waals surface area (Å²) >= 11 is 0. The van der Waals surface area contributed by atoms with Gasteiger partial charge in [0.2, 0.25) is 0 Å². The quantitative estimate of drug-likeness (QED) is 0.610. The van der Waals surface area contributed by atoms with Gasteiger partial charge in [0.05, 0.1) is 12.6 Å². The van der Waals surface area contributed by atoms with Gasteiger partial charge in [-0.25, -0.2) is 0 Å². The second-order valence-corrected chi connectivity index (χ2v) is 5.35. The van der Waals surface area contributed by atoms with Crippen molar-refractivity contribution in [2.75, 3.05) is 6.61 Å². The molecule has 0 aliphatic rings. The molecule has 1 atom stereocenters. The maximum absolute atomic E-state index is 5.77. The van der Waals surface area contributed by atoms with Gasteiger partial charge in [-0.3, -0.25) is 11.3 Å². The minimum atomic E-state index is 0.0421. The molecule has 1 rings (SSSR count). The van der Waals surface area contributed by atoms with Crippen LogP contribution in [0.2, 0.25) is 0 Å². The average Bonchev–Trinajstić information content (AvgIpc) is 2.27. The van der Waals surface area contributed by atoms with Crippen LogP contribution in [0.4, 0.5) is 0 Å². The molecule has 0 bridgehead atoms. The van der Waals surface area contributed by atoms with E-state index in [2.05, 4.69) is 39.2 Å². The van der Waals surface area contributed by atoms with Crippen molar-refractivity contribution < 1.29 is 4.74 Å². The summed E-state index contributed by atoms with van der Waals surface area (Å²) in [6.07, 6.45) is 1.00. The van der Waals surface area contributed by atoms with Crippen molar-refractivity contribution in [3.8, 4) is 5.75 Å². The van der Waals surface area contributed by atoms with Gasteiger partial charge in [-0.1, -0.05) is 45.9 Å². The van der Waals surface area contributed by atoms with Crippen LogP contribution in [0.5, 0.6) is 5.75 Å². The molecule has 0 radical (unpaired) electrons. The molecule has 0 aromatic heterocycles. The lowest BCUT2D eigenvalue weighted by Gasteiger charge is -2.31. The van der Waals surface area contributed by atoms with Crippen LogP contribution in [0.1, 0.15) is 45.7 Å². The lowest BCUT2D eigenvalue weighted by atomic mass is 9.82. The van der Waals surface area contributed by atoms with Gasteiger partial charge >= 0.3 is 0 Å². The highest BCUT2D eigenvalue weighted by molar-refractivity contribution is 5.36. The minimum Gasteiger partial charge on any atom is -0.493 e. The molecule has 1 aromatic carbocycles. The van der Waals surface area contributed by atoms with Gasteiger partial charge in [0, 0.05) is 5.56 Å². The van der Waals surface area contributed by atoms with Crippen molar-refractivity contribution in [1.29, 1.82) is 0 Å². The molecule has 1 unspecified atom stereocenters. The molecule has 0 aliphatic heterocycles. The Balaban J connectivity index is 3.02. The van der Waals surface area contributed by atoms with E-state index >= 15 is 0 Å². The predicted molar refractivity (Wildman–Crippen MR) is 71.7 cm³/mol. The van der Waals surface area contributed by atoms with Gasteiger partial charge in [-0.15, -0.1) is 0 Å². The van der Waals surface area contributed by atoms with Crippen LogP contribution in [0.25, 0.3) is 0 Å². The Morgan fingerprint density at radius 1 is 1.29 bits per heavy atom. The highest BCUT2D eigenvalue weighted by Crippen LogP contribution is 2.36. The third kappa shape index (κ3) is 3.72. The fraction of sp³-hybridized carbons (Fsp3) is 0.571. The van der Waals surface area contributed by atoms with Crippen molar-refractivity contribution in [3.63, 3.8) is 0 Å². The smallest absolute Gasteiger partial charge is 0.124 e. The van der Waals surface area contributed by atoms with E-state index in [4.69, 9.17) is 10.6 Å². The fourth-order valence-electron chi connectivity index (χ4n) is 1.87. The van der Waals surface area contributed by atoms with Gasteiger partial charge in [-0.05, 0) is 17.9 Å². The number of ether oxygens (including phenoxy) is 1. The zero-order valence-corrected chi connectivity index (χ0v) is 11.3. The summed E-state index contributed by atoms with van der Waals surface area (Å²) in [6.45, 7) is 9.32. The first-order valence-electron chi connectivity index (χ1n) is 6.18. The second-order valence-electron chi connectivity index (χ2n) is 5.35. The average molecular weight is 236 g/mol. The van der Waals surface area contributed by atoms with E-state index in [1.54, 1.807) is 0 Å². The van der Waals surface area contributed by atoms with Crippen molar-refractivity contribution in [1.82, 2.24) is 5.43 Å². The standard InChI is InChI=1S/C14H24N2O/c1-5-10-17-12-9-7-6-8-11(12)13(16-15)14(2,3)4/h6-9,13,16H,5,10,15H2,1-4H3. The fourth-order valence-corrected chi connectivity index (χ4v) is 1.87. The summed E-state index contributed by atoms with van der Waals surface area (Å²) in [6, 6.07) is 8.16. The second kappa shape index (κ2) is 6.03. The topological polar surface area (TPSA) is 47.3 Å². The number of nitrogens with one attached hydrogen (secondary N) is 1. The van der Waals surface area contributed by atoms with Gasteiger partial charge in [0.15, 0.2) is 0 Å². The van der Waals surface area contributed by atoms with Crippen molar-refractivity contribution in [3.05, 3.63) is 29.8 Å². The van der Waals surface area contributed by atoms with Crippen LogP contribution in [0.15, 0.2) is 24.3 Å². The highest BCUT2D eigenvalue weighted by Gasteiger charge is 2.27. The molecule has 0 saturated carbocycles. The first-order valence-corrected chi connectivity index (χ1v) is 6.18. The van der Waals surface area contributed by atoms with E-state index in [-0.39, 0.29) is 11.5 Å². The molecule has 3 N–H and O–H groups in total. The zero-order valence-electron chi connectivity index (χ0n) is 11.3. The van der Waals surface area contributed by atoms with E-state index in [9.17, 15) is 0 Å². The molecule has 0 aliphatic carbocycles. The molecular weight excluding hydrogens is 212 g/mol. The van der Waals surface area contributed by atoms with E-state index in [1.165, 1.54) is 0 Å². The Hall–Kier alpha value is -1.06. The summed E-state index contributed by atoms with van der Waals surface area (Å²) in [7, 11) is 0. The highest BCUT2D eigenvalue weighted by atomic mass is 16.5. The first-order chi connectivity index (χ1) is 8.00. The van der Waals surface area contributed by atoms with Crippen LogP contribution in [-0.4, -0.2) is 6.61 Å². The molecule has 0 amide bonds. The summed E-state index contributed by atoms with van der Waals surface area (Å²) in [5, 5.41) is 0. The summed E-state index contributed by atoms with van der Waals surface area (Å²) in [5.74, 6) is 6.61. The first kappa shape index (κ1) is 14.0. The van der Waals surface area contributed by atoms with Crippen LogP contribution >= 0.6 is 0 Å². The van der Waals surface area contributed by atoms with Crippen LogP contribution in [0.3, 0.4) is 0 Å². The molecular formula is C14H24N2O. The van der Waals surface area contributed by atoms with Crippen molar-refractivity contribution >= 4 is 0 Å².